The maximum absolute atomic E-state index is 11.7. The summed E-state index contributed by atoms with van der Waals surface area (Å²) < 4.78 is 46.1. The normalized spacial score (nSPS) is 14.1. The minimum atomic E-state index is -3.72. The molecule has 0 saturated carbocycles. The van der Waals surface area contributed by atoms with Crippen LogP contribution < -0.4 is 0 Å². The average Bonchev–Trinajstić information content (AvgIpc) is 1.64. The van der Waals surface area contributed by atoms with Crippen molar-refractivity contribution >= 4 is 15.9 Å². The first-order chi connectivity index (χ1) is 3.98. The number of hydrogen-bond acceptors (Lipinski definition) is 0. The predicted molar refractivity (Wildman–Crippen MR) is 29.0 cm³/mol. The molecule has 0 heterocycles. The topological polar surface area (TPSA) is 0 Å². The first-order valence-electron chi connectivity index (χ1n) is 1.97. The van der Waals surface area contributed by atoms with Gasteiger partial charge in [0.05, 0.1) is 0 Å². The minimum Gasteiger partial charge on any atom is -0.246 e. The van der Waals surface area contributed by atoms with Crippen molar-refractivity contribution in [2.24, 2.45) is 0 Å². The lowest BCUT2D eigenvalue weighted by Crippen LogP contribution is -2.04. The molecule has 0 aliphatic rings. The van der Waals surface area contributed by atoms with Gasteiger partial charge in [-0.3, -0.25) is 0 Å². The molecular formula is C4H3BrF4. The van der Waals surface area contributed by atoms with E-state index in [-0.39, 0.29) is 6.08 Å². The molecule has 0 N–H and O–H groups in total. The van der Waals surface area contributed by atoms with E-state index >= 15 is 0 Å². The van der Waals surface area contributed by atoms with E-state index in [0.29, 0.717) is 0 Å². The van der Waals surface area contributed by atoms with Gasteiger partial charge < -0.3 is 0 Å². The second-order valence-electron chi connectivity index (χ2n) is 1.20. The number of halogens is 5. The van der Waals surface area contributed by atoms with Crippen LogP contribution in [0.3, 0.4) is 0 Å². The highest BCUT2D eigenvalue weighted by atomic mass is 79.9. The van der Waals surface area contributed by atoms with Gasteiger partial charge in [-0.05, 0) is 22.0 Å². The van der Waals surface area contributed by atoms with Crippen LogP contribution in [0.2, 0.25) is 0 Å². The third-order valence-electron chi connectivity index (χ3n) is 0.527. The number of hydrogen-bond donors (Lipinski definition) is 0. The monoisotopic (exact) mass is 206 g/mol. The molecule has 0 amide bonds. The highest BCUT2D eigenvalue weighted by molar-refractivity contribution is 9.10. The van der Waals surface area contributed by atoms with E-state index in [9.17, 15) is 17.6 Å². The van der Waals surface area contributed by atoms with Crippen LogP contribution in [0.15, 0.2) is 11.9 Å². The molecule has 54 valence electrons. The Hall–Kier alpha value is -0.0600. The highest BCUT2D eigenvalue weighted by Crippen LogP contribution is 2.31. The summed E-state index contributed by atoms with van der Waals surface area (Å²) in [6.45, 7) is -1.23. The lowest BCUT2D eigenvalue weighted by atomic mass is 10.5. The molecule has 5 heteroatoms. The lowest BCUT2D eigenvalue weighted by molar-refractivity contribution is 0.126. The van der Waals surface area contributed by atoms with Crippen LogP contribution in [0.5, 0.6) is 0 Å². The summed E-state index contributed by atoms with van der Waals surface area (Å²) in [5.74, 6) is -1.80. The Bertz CT molecular complexity index is 114. The zero-order chi connectivity index (χ0) is 7.49. The molecule has 0 bridgehead atoms. The second kappa shape index (κ2) is 3.20. The Kier molecular flexibility index (Phi) is 3.17. The number of allylic oxidation sites excluding steroid dienone is 2. The quantitative estimate of drug-likeness (QED) is 0.482. The van der Waals surface area contributed by atoms with E-state index in [2.05, 4.69) is 0 Å². The molecule has 0 aromatic carbocycles. The molecule has 0 atom stereocenters. The third kappa shape index (κ3) is 3.51. The van der Waals surface area contributed by atoms with Gasteiger partial charge in [0.25, 0.3) is 0 Å². The van der Waals surface area contributed by atoms with Crippen molar-refractivity contribution in [3.05, 3.63) is 11.9 Å². The molecule has 0 radical (unpaired) electrons. The Labute approximate surface area is 57.7 Å². The minimum absolute atomic E-state index is 0.161. The van der Waals surface area contributed by atoms with Crippen molar-refractivity contribution in [2.75, 3.05) is 6.67 Å². The number of alkyl halides is 4. The molecule has 0 saturated heterocycles. The summed E-state index contributed by atoms with van der Waals surface area (Å²) in [5, 5.41) is 0. The van der Waals surface area contributed by atoms with Gasteiger partial charge in [-0.15, -0.1) is 0 Å². The van der Waals surface area contributed by atoms with Crippen LogP contribution in [0.1, 0.15) is 0 Å². The van der Waals surface area contributed by atoms with Gasteiger partial charge in [-0.25, -0.2) is 8.78 Å². The maximum Gasteiger partial charge on any atom is 0.351 e. The first kappa shape index (κ1) is 8.94. The largest absolute Gasteiger partial charge is 0.351 e. The van der Waals surface area contributed by atoms with Gasteiger partial charge in [0.1, 0.15) is 6.67 Å². The van der Waals surface area contributed by atoms with Crippen molar-refractivity contribution in [1.82, 2.24) is 0 Å². The van der Waals surface area contributed by atoms with Crippen LogP contribution >= 0.6 is 15.9 Å². The summed E-state index contributed by atoms with van der Waals surface area (Å²) in [5.41, 5.74) is 0. The van der Waals surface area contributed by atoms with Crippen LogP contribution in [-0.2, 0) is 0 Å². The summed E-state index contributed by atoms with van der Waals surface area (Å²) in [6.07, 6.45) is 0.161. The predicted octanol–water partition coefficient (Wildman–Crippen LogP) is 2.80. The zero-order valence-electron chi connectivity index (χ0n) is 4.17. The van der Waals surface area contributed by atoms with E-state index in [4.69, 9.17) is 0 Å². The fourth-order valence-electron chi connectivity index (χ4n) is 0.183. The van der Waals surface area contributed by atoms with Crippen molar-refractivity contribution in [1.29, 1.82) is 0 Å². The Morgan fingerprint density at radius 3 is 2.11 bits per heavy atom. The third-order valence-corrected chi connectivity index (χ3v) is 0.906. The van der Waals surface area contributed by atoms with Gasteiger partial charge >= 0.3 is 4.83 Å². The fourth-order valence-corrected chi connectivity index (χ4v) is 0.345. The van der Waals surface area contributed by atoms with Crippen molar-refractivity contribution in [3.63, 3.8) is 0 Å². The average molecular weight is 207 g/mol. The van der Waals surface area contributed by atoms with Gasteiger partial charge in [0.2, 0.25) is 0 Å². The van der Waals surface area contributed by atoms with Gasteiger partial charge in [0, 0.05) is 0 Å². The molecule has 0 aliphatic heterocycles. The molecular weight excluding hydrogens is 204 g/mol. The standard InChI is InChI=1S/C4H3BrF4/c5-4(8,9)3(7)1-2-6/h1H,2H2. The second-order valence-corrected chi connectivity index (χ2v) is 2.20. The summed E-state index contributed by atoms with van der Waals surface area (Å²) in [7, 11) is 0. The van der Waals surface area contributed by atoms with Gasteiger partial charge in [-0.1, -0.05) is 0 Å². The molecule has 0 aromatic heterocycles. The zero-order valence-corrected chi connectivity index (χ0v) is 5.76. The SMILES string of the molecule is FCC=C(F)C(F)(F)Br. The summed E-state index contributed by atoms with van der Waals surface area (Å²) >= 11 is 1.70. The Balaban J connectivity index is 4.03. The molecule has 0 rings (SSSR count). The van der Waals surface area contributed by atoms with Crippen molar-refractivity contribution < 1.29 is 17.6 Å². The molecule has 0 aromatic rings. The van der Waals surface area contributed by atoms with Crippen LogP contribution in [0.4, 0.5) is 17.6 Å². The molecule has 0 nitrogen and oxygen atoms in total. The first-order valence-corrected chi connectivity index (χ1v) is 2.76. The molecule has 9 heavy (non-hydrogen) atoms. The van der Waals surface area contributed by atoms with E-state index in [1.807, 2.05) is 0 Å². The summed E-state index contributed by atoms with van der Waals surface area (Å²) in [4.78, 5) is -3.72. The Morgan fingerprint density at radius 1 is 1.56 bits per heavy atom. The van der Waals surface area contributed by atoms with Gasteiger partial charge in [-0.2, -0.15) is 8.78 Å². The van der Waals surface area contributed by atoms with E-state index in [1.165, 1.54) is 0 Å². The van der Waals surface area contributed by atoms with Crippen LogP contribution in [0.25, 0.3) is 0 Å². The highest BCUT2D eigenvalue weighted by Gasteiger charge is 2.30. The smallest absolute Gasteiger partial charge is 0.246 e. The fraction of sp³-hybridized carbons (Fsp3) is 0.500. The number of rotatable bonds is 2. The lowest BCUT2D eigenvalue weighted by Gasteiger charge is -2.02. The van der Waals surface area contributed by atoms with Crippen molar-refractivity contribution in [3.8, 4) is 0 Å². The molecule has 0 unspecified atom stereocenters. The van der Waals surface area contributed by atoms with E-state index < -0.39 is 17.3 Å². The maximum atomic E-state index is 11.7. The van der Waals surface area contributed by atoms with Crippen LogP contribution in [0, 0.1) is 0 Å². The van der Waals surface area contributed by atoms with E-state index in [1.54, 1.807) is 15.9 Å². The Morgan fingerprint density at radius 2 is 2.00 bits per heavy atom. The molecule has 0 aliphatic carbocycles. The summed E-state index contributed by atoms with van der Waals surface area (Å²) in [6, 6.07) is 0. The van der Waals surface area contributed by atoms with Crippen molar-refractivity contribution in [2.45, 2.75) is 4.83 Å². The van der Waals surface area contributed by atoms with Gasteiger partial charge in [0.15, 0.2) is 5.83 Å². The van der Waals surface area contributed by atoms with Crippen LogP contribution in [-0.4, -0.2) is 11.5 Å². The van der Waals surface area contributed by atoms with E-state index in [0.717, 1.165) is 0 Å². The molecule has 0 spiro atoms. The molecule has 0 fully saturated rings.